The lowest BCUT2D eigenvalue weighted by atomic mass is 9.99. The van der Waals surface area contributed by atoms with Gasteiger partial charge in [0, 0.05) is 32.6 Å². The van der Waals surface area contributed by atoms with Gasteiger partial charge >= 0.3 is 12.1 Å². The molecule has 9 heteroatoms. The molecule has 1 aromatic rings. The molecule has 1 unspecified atom stereocenters. The summed E-state index contributed by atoms with van der Waals surface area (Å²) in [6.07, 6.45) is -4.48. The van der Waals surface area contributed by atoms with Crippen LogP contribution in [0.25, 0.3) is 0 Å². The molecule has 1 N–H and O–H groups in total. The van der Waals surface area contributed by atoms with E-state index < -0.39 is 29.5 Å². The van der Waals surface area contributed by atoms with Crippen molar-refractivity contribution < 1.29 is 32.7 Å². The highest BCUT2D eigenvalue weighted by Crippen LogP contribution is 2.31. The Labute approximate surface area is 159 Å². The molecule has 2 aliphatic rings. The van der Waals surface area contributed by atoms with Crippen LogP contribution in [0.2, 0.25) is 0 Å². The number of aliphatic carboxylic acids is 1. The summed E-state index contributed by atoms with van der Waals surface area (Å²) < 4.78 is 38.5. The number of carbonyl (C=O) groups is 3. The van der Waals surface area contributed by atoms with Crippen molar-refractivity contribution in [1.82, 2.24) is 9.80 Å². The van der Waals surface area contributed by atoms with E-state index in [0.717, 1.165) is 12.1 Å². The quantitative estimate of drug-likeness (QED) is 0.844. The molecular formula is C19H21F3N2O4. The van der Waals surface area contributed by atoms with Crippen LogP contribution in [0.5, 0.6) is 0 Å². The van der Waals surface area contributed by atoms with Crippen molar-refractivity contribution in [3.05, 3.63) is 35.4 Å². The van der Waals surface area contributed by atoms with E-state index in [0.29, 0.717) is 12.1 Å². The van der Waals surface area contributed by atoms with Crippen molar-refractivity contribution >= 4 is 17.8 Å². The second kappa shape index (κ2) is 7.44. The monoisotopic (exact) mass is 398 g/mol. The number of rotatable bonds is 4. The van der Waals surface area contributed by atoms with Gasteiger partial charge in [-0.05, 0) is 23.6 Å². The number of halogens is 3. The molecule has 0 radical (unpaired) electrons. The van der Waals surface area contributed by atoms with E-state index in [4.69, 9.17) is 0 Å². The van der Waals surface area contributed by atoms with Crippen LogP contribution in [0.1, 0.15) is 24.5 Å². The maximum atomic E-state index is 12.8. The summed E-state index contributed by atoms with van der Waals surface area (Å²) in [5, 5.41) is 9.20. The fourth-order valence-electron chi connectivity index (χ4n) is 3.88. The minimum absolute atomic E-state index is 0.000682. The van der Waals surface area contributed by atoms with Gasteiger partial charge in [0.05, 0.1) is 17.4 Å². The molecule has 0 aliphatic carbocycles. The Morgan fingerprint density at radius 2 is 1.93 bits per heavy atom. The van der Waals surface area contributed by atoms with E-state index >= 15 is 0 Å². The Bertz CT molecular complexity index is 796. The fraction of sp³-hybridized carbons (Fsp3) is 0.526. The number of nitrogens with zero attached hydrogens (tertiary/aromatic N) is 2. The van der Waals surface area contributed by atoms with Crippen LogP contribution < -0.4 is 0 Å². The summed E-state index contributed by atoms with van der Waals surface area (Å²) in [4.78, 5) is 39.1. The number of alkyl halides is 3. The average Bonchev–Trinajstić information content (AvgIpc) is 3.17. The van der Waals surface area contributed by atoms with Crippen molar-refractivity contribution in [2.75, 3.05) is 19.6 Å². The summed E-state index contributed by atoms with van der Waals surface area (Å²) in [5.74, 6) is -2.90. The molecule has 6 nitrogen and oxygen atoms in total. The molecule has 152 valence electrons. The minimum atomic E-state index is -4.46. The van der Waals surface area contributed by atoms with E-state index in [2.05, 4.69) is 0 Å². The van der Waals surface area contributed by atoms with Gasteiger partial charge in [0.25, 0.3) is 0 Å². The van der Waals surface area contributed by atoms with Gasteiger partial charge in [0.1, 0.15) is 0 Å². The third-order valence-corrected chi connectivity index (χ3v) is 5.43. The van der Waals surface area contributed by atoms with Crippen LogP contribution in [0.3, 0.4) is 0 Å². The Hall–Kier alpha value is -2.58. The molecule has 0 bridgehead atoms. The summed E-state index contributed by atoms with van der Waals surface area (Å²) in [6.45, 7) is 2.34. The predicted molar refractivity (Wildman–Crippen MR) is 91.8 cm³/mol. The number of hydrogen-bond donors (Lipinski definition) is 1. The number of carboxylic acids is 1. The molecule has 2 fully saturated rings. The Balaban J connectivity index is 1.64. The first-order chi connectivity index (χ1) is 13.1. The van der Waals surface area contributed by atoms with E-state index in [1.807, 2.05) is 0 Å². The van der Waals surface area contributed by atoms with Crippen molar-refractivity contribution in [1.29, 1.82) is 0 Å². The lowest BCUT2D eigenvalue weighted by molar-refractivity contribution is -0.142. The van der Waals surface area contributed by atoms with E-state index in [1.54, 1.807) is 6.92 Å². The maximum absolute atomic E-state index is 12.8. The first kappa shape index (κ1) is 20.2. The number of carboxylic acid groups (broad SMARTS) is 1. The van der Waals surface area contributed by atoms with Gasteiger partial charge in [-0.3, -0.25) is 14.4 Å². The Kier molecular flexibility index (Phi) is 5.36. The van der Waals surface area contributed by atoms with Gasteiger partial charge in [-0.25, -0.2) is 0 Å². The van der Waals surface area contributed by atoms with Crippen molar-refractivity contribution in [3.63, 3.8) is 0 Å². The SMILES string of the molecule is C[C@@H]1CN(C(=O)C2CC(=O)N(Cc3cccc(C(F)(F)F)c3)C2)C[C@H]1C(=O)O. The third kappa shape index (κ3) is 4.13. The second-order valence-corrected chi connectivity index (χ2v) is 7.54. The normalized spacial score (nSPS) is 25.4. The number of benzene rings is 1. The molecule has 2 amide bonds. The first-order valence-electron chi connectivity index (χ1n) is 9.01. The molecule has 28 heavy (non-hydrogen) atoms. The number of hydrogen-bond acceptors (Lipinski definition) is 3. The zero-order chi connectivity index (χ0) is 20.6. The van der Waals surface area contributed by atoms with E-state index in [1.165, 1.54) is 21.9 Å². The highest BCUT2D eigenvalue weighted by atomic mass is 19.4. The maximum Gasteiger partial charge on any atom is 0.416 e. The highest BCUT2D eigenvalue weighted by molar-refractivity contribution is 5.89. The number of amides is 2. The summed E-state index contributed by atoms with van der Waals surface area (Å²) in [6, 6.07) is 4.77. The van der Waals surface area contributed by atoms with Crippen LogP contribution in [0.15, 0.2) is 24.3 Å². The zero-order valence-corrected chi connectivity index (χ0v) is 15.3. The average molecular weight is 398 g/mol. The third-order valence-electron chi connectivity index (χ3n) is 5.43. The lowest BCUT2D eigenvalue weighted by Crippen LogP contribution is -2.36. The summed E-state index contributed by atoms with van der Waals surface area (Å²) in [5.41, 5.74) is -0.438. The van der Waals surface area contributed by atoms with Crippen LogP contribution in [0, 0.1) is 17.8 Å². The lowest BCUT2D eigenvalue weighted by Gasteiger charge is -2.21. The predicted octanol–water partition coefficient (Wildman–Crippen LogP) is 2.23. The van der Waals surface area contributed by atoms with Crippen LogP contribution in [0.4, 0.5) is 13.2 Å². The fourth-order valence-corrected chi connectivity index (χ4v) is 3.88. The van der Waals surface area contributed by atoms with Gasteiger partial charge in [-0.15, -0.1) is 0 Å². The minimum Gasteiger partial charge on any atom is -0.481 e. The topological polar surface area (TPSA) is 77.9 Å². The van der Waals surface area contributed by atoms with Crippen LogP contribution >= 0.6 is 0 Å². The Morgan fingerprint density at radius 3 is 2.54 bits per heavy atom. The molecule has 0 aromatic heterocycles. The molecule has 1 aromatic carbocycles. The van der Waals surface area contributed by atoms with Gasteiger partial charge in [-0.2, -0.15) is 13.2 Å². The smallest absolute Gasteiger partial charge is 0.416 e. The molecule has 0 spiro atoms. The molecule has 2 saturated heterocycles. The van der Waals surface area contributed by atoms with Crippen molar-refractivity contribution in [2.45, 2.75) is 26.1 Å². The largest absolute Gasteiger partial charge is 0.481 e. The number of carbonyl (C=O) groups excluding carboxylic acids is 2. The van der Waals surface area contributed by atoms with Gasteiger partial charge in [0.15, 0.2) is 0 Å². The van der Waals surface area contributed by atoms with E-state index in [-0.39, 0.29) is 43.8 Å². The molecule has 2 aliphatic heterocycles. The second-order valence-electron chi connectivity index (χ2n) is 7.54. The van der Waals surface area contributed by atoms with Crippen molar-refractivity contribution in [3.8, 4) is 0 Å². The van der Waals surface area contributed by atoms with Crippen molar-refractivity contribution in [2.24, 2.45) is 17.8 Å². The Morgan fingerprint density at radius 1 is 1.21 bits per heavy atom. The molecule has 2 heterocycles. The van der Waals surface area contributed by atoms with Crippen LogP contribution in [-0.2, 0) is 27.1 Å². The first-order valence-corrected chi connectivity index (χ1v) is 9.01. The van der Waals surface area contributed by atoms with Gasteiger partial charge < -0.3 is 14.9 Å². The molecule has 0 saturated carbocycles. The van der Waals surface area contributed by atoms with E-state index in [9.17, 15) is 32.7 Å². The standard InChI is InChI=1S/C19H21F3N2O4/c1-11-7-24(10-15(11)18(27)28)17(26)13-6-16(25)23(9-13)8-12-3-2-4-14(5-12)19(20,21)22/h2-5,11,13,15H,6-10H2,1H3,(H,27,28)/t11-,13?,15-/m1/s1. The molecule has 3 atom stereocenters. The van der Waals surface area contributed by atoms with Crippen LogP contribution in [-0.4, -0.2) is 52.3 Å². The zero-order valence-electron chi connectivity index (χ0n) is 15.3. The van der Waals surface area contributed by atoms with Gasteiger partial charge in [0.2, 0.25) is 11.8 Å². The molecular weight excluding hydrogens is 377 g/mol. The summed E-state index contributed by atoms with van der Waals surface area (Å²) >= 11 is 0. The van der Waals surface area contributed by atoms with Gasteiger partial charge in [-0.1, -0.05) is 19.1 Å². The molecule has 3 rings (SSSR count). The number of likely N-dealkylation sites (tertiary alicyclic amines) is 2. The highest BCUT2D eigenvalue weighted by Gasteiger charge is 2.42. The summed E-state index contributed by atoms with van der Waals surface area (Å²) in [7, 11) is 0.